The molecule has 0 saturated carbocycles. The highest BCUT2D eigenvalue weighted by molar-refractivity contribution is 7.07. The van der Waals surface area contributed by atoms with Crippen molar-refractivity contribution < 1.29 is 5.11 Å². The topological polar surface area (TPSA) is 54.6 Å². The maximum absolute atomic E-state index is 12.1. The van der Waals surface area contributed by atoms with Gasteiger partial charge in [0.05, 0.1) is 4.53 Å². The summed E-state index contributed by atoms with van der Waals surface area (Å²) in [5, 5.41) is 9.40. The molecule has 3 rings (SSSR count). The van der Waals surface area contributed by atoms with Gasteiger partial charge < -0.3 is 5.11 Å². The molecule has 1 aromatic carbocycles. The van der Waals surface area contributed by atoms with Crippen LogP contribution in [0.4, 0.5) is 0 Å². The molecule has 2 heterocycles. The molecule has 0 aliphatic carbocycles. The van der Waals surface area contributed by atoms with Crippen LogP contribution in [0.2, 0.25) is 0 Å². The van der Waals surface area contributed by atoms with Crippen LogP contribution in [0.3, 0.4) is 0 Å². The zero-order valence-electron chi connectivity index (χ0n) is 9.67. The molecule has 0 atom stereocenters. The quantitative estimate of drug-likeness (QED) is 0.810. The predicted octanol–water partition coefficient (Wildman–Crippen LogP) is 0.467. The van der Waals surface area contributed by atoms with Crippen molar-refractivity contribution in [3.8, 4) is 5.75 Å². The molecule has 2 aromatic rings. The lowest BCUT2D eigenvalue weighted by Gasteiger charge is -2.03. The first-order chi connectivity index (χ1) is 8.74. The van der Waals surface area contributed by atoms with Crippen LogP contribution in [-0.4, -0.2) is 16.2 Å². The molecule has 0 amide bonds. The number of hydrogen-bond donors (Lipinski definition) is 1. The summed E-state index contributed by atoms with van der Waals surface area (Å²) in [5.41, 5.74) is 0.841. The van der Waals surface area contributed by atoms with E-state index < -0.39 is 0 Å². The van der Waals surface area contributed by atoms with Gasteiger partial charge in [0.1, 0.15) is 5.75 Å². The average molecular weight is 260 g/mol. The molecule has 5 heteroatoms. The van der Waals surface area contributed by atoms with Crippen LogP contribution in [-0.2, 0) is 6.54 Å². The van der Waals surface area contributed by atoms with Crippen molar-refractivity contribution in [3.05, 3.63) is 49.5 Å². The molecule has 0 saturated heterocycles. The Hall–Kier alpha value is -1.88. The third-order valence-electron chi connectivity index (χ3n) is 2.84. The van der Waals surface area contributed by atoms with Crippen LogP contribution < -0.4 is 14.9 Å². The van der Waals surface area contributed by atoms with Gasteiger partial charge in [-0.1, -0.05) is 23.5 Å². The number of fused-ring (bicyclic) bond motifs is 1. The third kappa shape index (κ3) is 1.97. The zero-order chi connectivity index (χ0) is 12.5. The van der Waals surface area contributed by atoms with E-state index >= 15 is 0 Å². The minimum atomic E-state index is 0.0155. The van der Waals surface area contributed by atoms with Crippen molar-refractivity contribution in [2.75, 3.05) is 6.54 Å². The van der Waals surface area contributed by atoms with E-state index in [-0.39, 0.29) is 11.3 Å². The monoisotopic (exact) mass is 260 g/mol. The molecule has 0 spiro atoms. The summed E-state index contributed by atoms with van der Waals surface area (Å²) in [7, 11) is 0. The Balaban J connectivity index is 2.19. The van der Waals surface area contributed by atoms with E-state index in [1.807, 2.05) is 6.07 Å². The Morgan fingerprint density at radius 2 is 2.33 bits per heavy atom. The van der Waals surface area contributed by atoms with Gasteiger partial charge in [-0.3, -0.25) is 14.4 Å². The summed E-state index contributed by atoms with van der Waals surface area (Å²) in [6.45, 7) is 1.55. The van der Waals surface area contributed by atoms with Crippen molar-refractivity contribution >= 4 is 17.4 Å². The minimum Gasteiger partial charge on any atom is -0.508 e. The number of phenols is 1. The van der Waals surface area contributed by atoms with Crippen molar-refractivity contribution in [2.24, 2.45) is 4.99 Å². The van der Waals surface area contributed by atoms with Gasteiger partial charge in [-0.05, 0) is 30.2 Å². The van der Waals surface area contributed by atoms with Crippen molar-refractivity contribution in [2.45, 2.75) is 13.0 Å². The highest BCUT2D eigenvalue weighted by Gasteiger charge is 2.08. The molecular formula is C13H12N2O2S. The van der Waals surface area contributed by atoms with Crippen molar-refractivity contribution in [1.82, 2.24) is 4.57 Å². The lowest BCUT2D eigenvalue weighted by atomic mass is 10.2. The Morgan fingerprint density at radius 3 is 3.11 bits per heavy atom. The predicted molar refractivity (Wildman–Crippen MR) is 70.5 cm³/mol. The number of nitrogens with zero attached hydrogens (tertiary/aromatic N) is 2. The second-order valence-corrected chi connectivity index (χ2v) is 5.19. The number of benzene rings is 1. The van der Waals surface area contributed by atoms with Crippen LogP contribution in [0.1, 0.15) is 12.0 Å². The highest BCUT2D eigenvalue weighted by atomic mass is 32.1. The van der Waals surface area contributed by atoms with Crippen LogP contribution >= 0.6 is 11.3 Å². The van der Waals surface area contributed by atoms with Gasteiger partial charge in [0.15, 0.2) is 4.80 Å². The Bertz CT molecular complexity index is 758. The van der Waals surface area contributed by atoms with Gasteiger partial charge in [0, 0.05) is 13.1 Å². The number of phenolic OH excluding ortho intramolecular Hbond substituents is 1. The van der Waals surface area contributed by atoms with E-state index in [0.29, 0.717) is 4.53 Å². The molecule has 92 valence electrons. The summed E-state index contributed by atoms with van der Waals surface area (Å²) in [6, 6.07) is 6.87. The smallest absolute Gasteiger partial charge is 0.270 e. The van der Waals surface area contributed by atoms with Crippen molar-refractivity contribution in [3.63, 3.8) is 0 Å². The fraction of sp³-hybridized carbons (Fsp3) is 0.231. The summed E-state index contributed by atoms with van der Waals surface area (Å²) in [6.07, 6.45) is 2.72. The number of aromatic nitrogens is 1. The SMILES string of the molecule is O=c1/c(=C\c2cccc(O)c2)sc2n1CCCN=2. The van der Waals surface area contributed by atoms with E-state index in [1.165, 1.54) is 11.3 Å². The molecule has 0 unspecified atom stereocenters. The summed E-state index contributed by atoms with van der Waals surface area (Å²) in [4.78, 5) is 17.3. The lowest BCUT2D eigenvalue weighted by molar-refractivity contribution is 0.475. The first kappa shape index (κ1) is 11.2. The standard InChI is InChI=1S/C13H12N2O2S/c16-10-4-1-3-9(7-10)8-11-12(17)15-6-2-5-14-13(15)18-11/h1,3-4,7-8,16H,2,5-6H2/b11-8+. The van der Waals surface area contributed by atoms with Gasteiger partial charge in [-0.2, -0.15) is 0 Å². The number of rotatable bonds is 1. The molecule has 0 radical (unpaired) electrons. The van der Waals surface area contributed by atoms with E-state index in [2.05, 4.69) is 4.99 Å². The molecule has 4 nitrogen and oxygen atoms in total. The maximum atomic E-state index is 12.1. The van der Waals surface area contributed by atoms with Gasteiger partial charge in [0.25, 0.3) is 5.56 Å². The van der Waals surface area contributed by atoms with Crippen LogP contribution in [0.5, 0.6) is 5.75 Å². The van der Waals surface area contributed by atoms with E-state index in [0.717, 1.165) is 29.9 Å². The van der Waals surface area contributed by atoms with Crippen LogP contribution in [0.15, 0.2) is 34.1 Å². The summed E-state index contributed by atoms with van der Waals surface area (Å²) >= 11 is 1.41. The molecule has 0 fully saturated rings. The Kier molecular flexibility index (Phi) is 2.76. The highest BCUT2D eigenvalue weighted by Crippen LogP contribution is 2.10. The number of aromatic hydroxyl groups is 1. The first-order valence-electron chi connectivity index (χ1n) is 5.79. The average Bonchev–Trinajstić information content (AvgIpc) is 2.67. The van der Waals surface area contributed by atoms with Crippen LogP contribution in [0.25, 0.3) is 6.08 Å². The first-order valence-corrected chi connectivity index (χ1v) is 6.60. The minimum absolute atomic E-state index is 0.0155. The second kappa shape index (κ2) is 4.42. The van der Waals surface area contributed by atoms with E-state index in [9.17, 15) is 9.90 Å². The van der Waals surface area contributed by atoms with Gasteiger partial charge in [0.2, 0.25) is 0 Å². The third-order valence-corrected chi connectivity index (χ3v) is 3.89. The maximum Gasteiger partial charge on any atom is 0.270 e. The summed E-state index contributed by atoms with van der Waals surface area (Å²) in [5.74, 6) is 0.204. The van der Waals surface area contributed by atoms with Gasteiger partial charge in [-0.15, -0.1) is 0 Å². The molecule has 0 bridgehead atoms. The van der Waals surface area contributed by atoms with E-state index in [4.69, 9.17) is 0 Å². The number of thiazole rings is 1. The lowest BCUT2D eigenvalue weighted by Crippen LogP contribution is -2.33. The number of hydrogen-bond acceptors (Lipinski definition) is 4. The van der Waals surface area contributed by atoms with Gasteiger partial charge >= 0.3 is 0 Å². The van der Waals surface area contributed by atoms with E-state index in [1.54, 1.807) is 28.8 Å². The zero-order valence-corrected chi connectivity index (χ0v) is 10.5. The largest absolute Gasteiger partial charge is 0.508 e. The fourth-order valence-electron chi connectivity index (χ4n) is 1.99. The molecule has 1 aromatic heterocycles. The molecule has 1 N–H and O–H groups in total. The molecule has 1 aliphatic rings. The Labute approximate surface area is 107 Å². The Morgan fingerprint density at radius 1 is 1.44 bits per heavy atom. The molecule has 18 heavy (non-hydrogen) atoms. The summed E-state index contributed by atoms with van der Waals surface area (Å²) < 4.78 is 2.39. The van der Waals surface area contributed by atoms with Gasteiger partial charge in [-0.25, -0.2) is 0 Å². The normalized spacial score (nSPS) is 15.2. The van der Waals surface area contributed by atoms with Crippen molar-refractivity contribution in [1.29, 1.82) is 0 Å². The second-order valence-electron chi connectivity index (χ2n) is 4.18. The fourth-order valence-corrected chi connectivity index (χ4v) is 3.02. The van der Waals surface area contributed by atoms with Crippen LogP contribution in [0, 0.1) is 0 Å². The molecule has 1 aliphatic heterocycles. The molecular weight excluding hydrogens is 248 g/mol.